The van der Waals surface area contributed by atoms with Gasteiger partial charge >= 0.3 is 0 Å². The van der Waals surface area contributed by atoms with Crippen molar-refractivity contribution < 1.29 is 4.92 Å². The number of rotatable bonds is 4. The predicted molar refractivity (Wildman–Crippen MR) is 76.6 cm³/mol. The van der Waals surface area contributed by atoms with Gasteiger partial charge in [-0.1, -0.05) is 26.0 Å². The third-order valence-corrected chi connectivity index (χ3v) is 3.60. The van der Waals surface area contributed by atoms with Gasteiger partial charge in [-0.25, -0.2) is 0 Å². The highest BCUT2D eigenvalue weighted by Gasteiger charge is 2.21. The van der Waals surface area contributed by atoms with Crippen LogP contribution in [0.1, 0.15) is 44.6 Å². The van der Waals surface area contributed by atoms with Crippen molar-refractivity contribution in [3.63, 3.8) is 0 Å². The molecule has 1 aliphatic rings. The van der Waals surface area contributed by atoms with Gasteiger partial charge in [0.25, 0.3) is 5.69 Å². The lowest BCUT2D eigenvalue weighted by molar-refractivity contribution is -0.384. The molecule has 0 fully saturated rings. The van der Waals surface area contributed by atoms with E-state index in [0.29, 0.717) is 5.92 Å². The minimum atomic E-state index is -0.361. The Morgan fingerprint density at radius 2 is 1.95 bits per heavy atom. The lowest BCUT2D eigenvalue weighted by Gasteiger charge is -2.24. The normalized spacial score (nSPS) is 18.7. The van der Waals surface area contributed by atoms with Crippen LogP contribution in [-0.2, 0) is 0 Å². The first-order chi connectivity index (χ1) is 9.17. The second-order valence-electron chi connectivity index (χ2n) is 4.63. The second kappa shape index (κ2) is 5.78. The van der Waals surface area contributed by atoms with E-state index < -0.39 is 0 Å². The molecular formula is C15H18N2O2. The summed E-state index contributed by atoms with van der Waals surface area (Å²) in [7, 11) is 0. The maximum absolute atomic E-state index is 10.7. The summed E-state index contributed by atoms with van der Waals surface area (Å²) < 4.78 is 0. The fourth-order valence-electron chi connectivity index (χ4n) is 2.63. The zero-order valence-electron chi connectivity index (χ0n) is 11.3. The van der Waals surface area contributed by atoms with Crippen molar-refractivity contribution in [2.75, 3.05) is 0 Å². The maximum atomic E-state index is 10.7. The number of benzene rings is 1. The SMILES string of the molecule is CCC1=C(CC)C(c2ccc([N+](=O)[O-])cc2)CC=N1. The number of nitro groups is 1. The first-order valence-corrected chi connectivity index (χ1v) is 6.66. The molecule has 0 aromatic heterocycles. The van der Waals surface area contributed by atoms with Crippen molar-refractivity contribution in [1.29, 1.82) is 0 Å². The molecule has 0 aliphatic carbocycles. The van der Waals surface area contributed by atoms with Crippen LogP contribution in [0.3, 0.4) is 0 Å². The molecule has 0 spiro atoms. The van der Waals surface area contributed by atoms with E-state index >= 15 is 0 Å². The third-order valence-electron chi connectivity index (χ3n) is 3.60. The van der Waals surface area contributed by atoms with E-state index in [9.17, 15) is 10.1 Å². The summed E-state index contributed by atoms with van der Waals surface area (Å²) in [6.45, 7) is 4.25. The van der Waals surface area contributed by atoms with E-state index in [1.54, 1.807) is 12.1 Å². The molecule has 4 heteroatoms. The fourth-order valence-corrected chi connectivity index (χ4v) is 2.63. The second-order valence-corrected chi connectivity index (χ2v) is 4.63. The van der Waals surface area contributed by atoms with Gasteiger partial charge in [-0.3, -0.25) is 15.1 Å². The Bertz CT molecular complexity index is 530. The Morgan fingerprint density at radius 1 is 1.26 bits per heavy atom. The van der Waals surface area contributed by atoms with Crippen LogP contribution in [0.5, 0.6) is 0 Å². The molecule has 0 amide bonds. The van der Waals surface area contributed by atoms with Gasteiger partial charge in [0.1, 0.15) is 0 Å². The van der Waals surface area contributed by atoms with Gasteiger partial charge in [-0.15, -0.1) is 0 Å². The van der Waals surface area contributed by atoms with E-state index in [1.165, 1.54) is 5.57 Å². The molecule has 4 nitrogen and oxygen atoms in total. The topological polar surface area (TPSA) is 55.5 Å². The third kappa shape index (κ3) is 2.72. The Kier molecular flexibility index (Phi) is 4.10. The van der Waals surface area contributed by atoms with Gasteiger partial charge in [0.15, 0.2) is 0 Å². The monoisotopic (exact) mass is 258 g/mol. The molecule has 0 bridgehead atoms. The number of hydrogen-bond donors (Lipinski definition) is 0. The first kappa shape index (κ1) is 13.5. The molecule has 2 rings (SSSR count). The highest BCUT2D eigenvalue weighted by Crippen LogP contribution is 2.36. The molecule has 1 unspecified atom stereocenters. The standard InChI is InChI=1S/C15H18N2O2/c1-3-13-14(9-10-16-15(13)4-2)11-5-7-12(8-6-11)17(18)19/h5-8,10,14H,3-4,9H2,1-2H3. The molecular weight excluding hydrogens is 240 g/mol. The minimum Gasteiger partial charge on any atom is -0.266 e. The zero-order chi connectivity index (χ0) is 13.8. The summed E-state index contributed by atoms with van der Waals surface area (Å²) in [6.07, 6.45) is 4.75. The average molecular weight is 258 g/mol. The van der Waals surface area contributed by atoms with Crippen molar-refractivity contribution in [1.82, 2.24) is 0 Å². The highest BCUT2D eigenvalue weighted by atomic mass is 16.6. The molecule has 0 saturated carbocycles. The molecule has 19 heavy (non-hydrogen) atoms. The minimum absolute atomic E-state index is 0.144. The molecule has 1 atom stereocenters. The predicted octanol–water partition coefficient (Wildman–Crippen LogP) is 4.23. The van der Waals surface area contributed by atoms with Crippen molar-refractivity contribution in [2.45, 2.75) is 39.0 Å². The summed E-state index contributed by atoms with van der Waals surface area (Å²) >= 11 is 0. The Morgan fingerprint density at radius 3 is 2.47 bits per heavy atom. The lowest BCUT2D eigenvalue weighted by Crippen LogP contribution is -2.09. The van der Waals surface area contributed by atoms with Crippen molar-refractivity contribution in [3.8, 4) is 0 Å². The fraction of sp³-hybridized carbons (Fsp3) is 0.400. The average Bonchev–Trinajstić information content (AvgIpc) is 2.46. The Hall–Kier alpha value is -1.97. The summed E-state index contributed by atoms with van der Waals surface area (Å²) in [5, 5.41) is 10.7. The number of nitrogens with zero attached hydrogens (tertiary/aromatic N) is 2. The molecule has 0 N–H and O–H groups in total. The van der Waals surface area contributed by atoms with Gasteiger partial charge in [-0.05, 0) is 30.4 Å². The van der Waals surface area contributed by atoms with E-state index in [1.807, 2.05) is 18.3 Å². The number of nitro benzene ring substituents is 1. The molecule has 1 aromatic carbocycles. The smallest absolute Gasteiger partial charge is 0.266 e. The van der Waals surface area contributed by atoms with Crippen molar-refractivity contribution in [3.05, 3.63) is 51.2 Å². The van der Waals surface area contributed by atoms with Crippen LogP contribution in [0.15, 0.2) is 40.5 Å². The number of non-ortho nitro benzene ring substituents is 1. The lowest BCUT2D eigenvalue weighted by atomic mass is 9.84. The summed E-state index contributed by atoms with van der Waals surface area (Å²) in [4.78, 5) is 14.8. The number of allylic oxidation sites excluding steroid dienone is 2. The Labute approximate surface area is 113 Å². The van der Waals surface area contributed by atoms with Gasteiger partial charge < -0.3 is 0 Å². The van der Waals surface area contributed by atoms with Crippen LogP contribution in [0.4, 0.5) is 5.69 Å². The van der Waals surface area contributed by atoms with Crippen LogP contribution in [0.2, 0.25) is 0 Å². The van der Waals surface area contributed by atoms with Crippen molar-refractivity contribution in [2.24, 2.45) is 4.99 Å². The maximum Gasteiger partial charge on any atom is 0.269 e. The Balaban J connectivity index is 2.33. The molecule has 1 aliphatic heterocycles. The van der Waals surface area contributed by atoms with Gasteiger partial charge in [0, 0.05) is 30.0 Å². The van der Waals surface area contributed by atoms with Gasteiger partial charge in [0.2, 0.25) is 0 Å². The van der Waals surface area contributed by atoms with Gasteiger partial charge in [-0.2, -0.15) is 0 Å². The summed E-state index contributed by atoms with van der Waals surface area (Å²) in [5.41, 5.74) is 3.81. The van der Waals surface area contributed by atoms with Crippen LogP contribution in [0.25, 0.3) is 0 Å². The molecule has 1 aromatic rings. The zero-order valence-corrected chi connectivity index (χ0v) is 11.3. The molecule has 100 valence electrons. The van der Waals surface area contributed by atoms with E-state index in [2.05, 4.69) is 18.8 Å². The molecule has 0 saturated heterocycles. The van der Waals surface area contributed by atoms with Crippen LogP contribution < -0.4 is 0 Å². The first-order valence-electron chi connectivity index (χ1n) is 6.66. The molecule has 0 radical (unpaired) electrons. The number of aliphatic imine (C=N–C) groups is 1. The van der Waals surface area contributed by atoms with Crippen LogP contribution in [-0.4, -0.2) is 11.1 Å². The van der Waals surface area contributed by atoms with E-state index in [4.69, 9.17) is 0 Å². The van der Waals surface area contributed by atoms with Crippen molar-refractivity contribution >= 4 is 11.9 Å². The van der Waals surface area contributed by atoms with E-state index in [-0.39, 0.29) is 10.6 Å². The molecule has 1 heterocycles. The van der Waals surface area contributed by atoms with Crippen LogP contribution >= 0.6 is 0 Å². The number of hydrogen-bond acceptors (Lipinski definition) is 3. The summed E-state index contributed by atoms with van der Waals surface area (Å²) in [6, 6.07) is 6.90. The summed E-state index contributed by atoms with van der Waals surface area (Å²) in [5.74, 6) is 0.318. The largest absolute Gasteiger partial charge is 0.269 e. The highest BCUT2D eigenvalue weighted by molar-refractivity contribution is 5.65. The quantitative estimate of drug-likeness (QED) is 0.599. The van der Waals surface area contributed by atoms with Gasteiger partial charge in [0.05, 0.1) is 4.92 Å². The van der Waals surface area contributed by atoms with E-state index in [0.717, 1.165) is 30.5 Å². The van der Waals surface area contributed by atoms with Crippen LogP contribution in [0, 0.1) is 10.1 Å².